The molecule has 0 spiro atoms. The average molecular weight is 571 g/mol. The van der Waals surface area contributed by atoms with Gasteiger partial charge in [0.25, 0.3) is 0 Å². The summed E-state index contributed by atoms with van der Waals surface area (Å²) in [6.45, 7) is 11.2. The van der Waals surface area contributed by atoms with E-state index in [2.05, 4.69) is 83.0 Å². The first-order chi connectivity index (χ1) is 20.0. The van der Waals surface area contributed by atoms with E-state index in [1.807, 2.05) is 52.8 Å². The molecule has 0 saturated carbocycles. The third-order valence-electron chi connectivity index (χ3n) is 8.38. The molecule has 0 aromatic heterocycles. The van der Waals surface area contributed by atoms with Gasteiger partial charge in [0.1, 0.15) is 11.6 Å². The Morgan fingerprint density at radius 3 is 1.76 bits per heavy atom. The third-order valence-corrected chi connectivity index (χ3v) is 8.38. The van der Waals surface area contributed by atoms with Crippen molar-refractivity contribution in [2.45, 2.75) is 71.1 Å². The normalized spacial score (nSPS) is 18.6. The standard InChI is InChI=1S/C36H46N2O4/c1-27(2)31(32(39)42-34(3,4)5)37-24-15-22-35(33(40)41)23-25-38(26-35)36(28-16-9-6-10-17-28,29-18-11-7-12-19-29)30-20-13-8-14-21-30/h6-14,16-21,27,31,37H,15,22-26H2,1-5H3,(H,40,41)/t31-,35?/m0/s1. The van der Waals surface area contributed by atoms with E-state index >= 15 is 0 Å². The molecule has 6 nitrogen and oxygen atoms in total. The number of nitrogens with zero attached hydrogens (tertiary/aromatic N) is 1. The van der Waals surface area contributed by atoms with Crippen LogP contribution >= 0.6 is 0 Å². The van der Waals surface area contributed by atoms with Crippen molar-refractivity contribution in [2.24, 2.45) is 11.3 Å². The molecule has 1 fully saturated rings. The number of rotatable bonds is 12. The van der Waals surface area contributed by atoms with Crippen LogP contribution < -0.4 is 5.32 Å². The van der Waals surface area contributed by atoms with E-state index in [4.69, 9.17) is 4.74 Å². The number of likely N-dealkylation sites (tertiary alicyclic amines) is 1. The third kappa shape index (κ3) is 6.77. The molecule has 1 aliphatic rings. The maximum atomic E-state index is 13.0. The molecule has 6 heteroatoms. The van der Waals surface area contributed by atoms with Gasteiger partial charge in [-0.1, -0.05) is 105 Å². The highest BCUT2D eigenvalue weighted by Crippen LogP contribution is 2.48. The Balaban J connectivity index is 1.61. The van der Waals surface area contributed by atoms with Crippen molar-refractivity contribution in [1.82, 2.24) is 10.2 Å². The van der Waals surface area contributed by atoms with Crippen molar-refractivity contribution >= 4 is 11.9 Å². The van der Waals surface area contributed by atoms with Gasteiger partial charge in [0.05, 0.1) is 11.0 Å². The summed E-state index contributed by atoms with van der Waals surface area (Å²) in [5, 5.41) is 14.0. The van der Waals surface area contributed by atoms with E-state index < -0.39 is 28.6 Å². The Kier molecular flexibility index (Phi) is 9.90. The highest BCUT2D eigenvalue weighted by molar-refractivity contribution is 5.76. The summed E-state index contributed by atoms with van der Waals surface area (Å²) in [5.74, 6) is -0.977. The van der Waals surface area contributed by atoms with Crippen molar-refractivity contribution < 1.29 is 19.4 Å². The largest absolute Gasteiger partial charge is 0.481 e. The molecular weight excluding hydrogens is 524 g/mol. The molecule has 2 N–H and O–H groups in total. The maximum Gasteiger partial charge on any atom is 0.323 e. The first-order valence-corrected chi connectivity index (χ1v) is 15.1. The zero-order valence-corrected chi connectivity index (χ0v) is 25.7. The van der Waals surface area contributed by atoms with Gasteiger partial charge in [0.15, 0.2) is 0 Å². The molecule has 3 aromatic carbocycles. The second kappa shape index (κ2) is 13.2. The Morgan fingerprint density at radius 1 is 0.881 bits per heavy atom. The summed E-state index contributed by atoms with van der Waals surface area (Å²) in [6.07, 6.45) is 1.71. The van der Waals surface area contributed by atoms with Gasteiger partial charge in [0, 0.05) is 13.1 Å². The second-order valence-corrected chi connectivity index (χ2v) is 12.9. The number of esters is 1. The van der Waals surface area contributed by atoms with Gasteiger partial charge in [-0.3, -0.25) is 14.5 Å². The number of benzene rings is 3. The molecule has 0 aliphatic carbocycles. The van der Waals surface area contributed by atoms with Crippen LogP contribution in [0.25, 0.3) is 0 Å². The highest BCUT2D eigenvalue weighted by Gasteiger charge is 2.52. The van der Waals surface area contributed by atoms with E-state index in [0.29, 0.717) is 38.9 Å². The average Bonchev–Trinajstić information content (AvgIpc) is 3.40. The van der Waals surface area contributed by atoms with Crippen LogP contribution in [0.5, 0.6) is 0 Å². The van der Waals surface area contributed by atoms with Crippen molar-refractivity contribution in [3.8, 4) is 0 Å². The lowest BCUT2D eigenvalue weighted by Crippen LogP contribution is -2.49. The summed E-state index contributed by atoms with van der Waals surface area (Å²) in [7, 11) is 0. The molecule has 4 rings (SSSR count). The topological polar surface area (TPSA) is 78.9 Å². The van der Waals surface area contributed by atoms with Gasteiger partial charge < -0.3 is 15.2 Å². The molecule has 0 radical (unpaired) electrons. The first-order valence-electron chi connectivity index (χ1n) is 15.1. The SMILES string of the molecule is CC(C)[C@H](NCCCC1(C(=O)O)CCN(C(c2ccccc2)(c2ccccc2)c2ccccc2)C1)C(=O)OC(C)(C)C. The molecular formula is C36H46N2O4. The number of ether oxygens (including phenoxy) is 1. The van der Waals surface area contributed by atoms with Crippen LogP contribution in [0.4, 0.5) is 0 Å². The Labute approximate surface area is 251 Å². The molecule has 0 amide bonds. The number of carbonyl (C=O) groups is 2. The first kappa shape index (κ1) is 31.5. The maximum absolute atomic E-state index is 13.0. The predicted octanol–water partition coefficient (Wildman–Crippen LogP) is 6.49. The van der Waals surface area contributed by atoms with Gasteiger partial charge in [0.2, 0.25) is 0 Å². The second-order valence-electron chi connectivity index (χ2n) is 12.9. The van der Waals surface area contributed by atoms with Gasteiger partial charge in [-0.05, 0) is 69.2 Å². The number of hydrogen-bond acceptors (Lipinski definition) is 5. The quantitative estimate of drug-likeness (QED) is 0.147. The lowest BCUT2D eigenvalue weighted by molar-refractivity contribution is -0.159. The number of carboxylic acids is 1. The predicted molar refractivity (Wildman–Crippen MR) is 167 cm³/mol. The van der Waals surface area contributed by atoms with Gasteiger partial charge in [-0.25, -0.2) is 0 Å². The highest BCUT2D eigenvalue weighted by atomic mass is 16.6. The van der Waals surface area contributed by atoms with E-state index in [-0.39, 0.29) is 11.9 Å². The molecule has 224 valence electrons. The Morgan fingerprint density at radius 2 is 1.36 bits per heavy atom. The van der Waals surface area contributed by atoms with Crippen LogP contribution in [-0.4, -0.2) is 53.2 Å². The summed E-state index contributed by atoms with van der Waals surface area (Å²) in [5.41, 5.74) is 1.24. The van der Waals surface area contributed by atoms with Crippen LogP contribution in [0.15, 0.2) is 91.0 Å². The summed E-state index contributed by atoms with van der Waals surface area (Å²) >= 11 is 0. The molecule has 2 atom stereocenters. The molecule has 1 unspecified atom stereocenters. The fourth-order valence-corrected chi connectivity index (χ4v) is 6.37. The van der Waals surface area contributed by atoms with Crippen LogP contribution in [0, 0.1) is 11.3 Å². The minimum Gasteiger partial charge on any atom is -0.481 e. The van der Waals surface area contributed by atoms with Gasteiger partial charge in [-0.2, -0.15) is 0 Å². The molecule has 1 heterocycles. The number of hydrogen-bond donors (Lipinski definition) is 2. The summed E-state index contributed by atoms with van der Waals surface area (Å²) < 4.78 is 5.63. The van der Waals surface area contributed by atoms with Crippen molar-refractivity contribution in [1.29, 1.82) is 0 Å². The number of nitrogens with one attached hydrogen (secondary N) is 1. The lowest BCUT2D eigenvalue weighted by atomic mass is 9.75. The van der Waals surface area contributed by atoms with Crippen LogP contribution in [-0.2, 0) is 19.9 Å². The minimum absolute atomic E-state index is 0.0542. The zero-order valence-electron chi connectivity index (χ0n) is 25.7. The molecule has 1 aliphatic heterocycles. The number of carbonyl (C=O) groups excluding carboxylic acids is 1. The van der Waals surface area contributed by atoms with E-state index in [9.17, 15) is 14.7 Å². The number of carboxylic acid groups (broad SMARTS) is 1. The van der Waals surface area contributed by atoms with Crippen molar-refractivity contribution in [3.63, 3.8) is 0 Å². The Hall–Kier alpha value is -3.48. The van der Waals surface area contributed by atoms with Crippen LogP contribution in [0.3, 0.4) is 0 Å². The van der Waals surface area contributed by atoms with E-state index in [1.165, 1.54) is 0 Å². The zero-order chi connectivity index (χ0) is 30.4. The molecule has 1 saturated heterocycles. The van der Waals surface area contributed by atoms with Crippen LogP contribution in [0.2, 0.25) is 0 Å². The molecule has 0 bridgehead atoms. The van der Waals surface area contributed by atoms with E-state index in [1.54, 1.807) is 0 Å². The van der Waals surface area contributed by atoms with Crippen molar-refractivity contribution in [2.75, 3.05) is 19.6 Å². The van der Waals surface area contributed by atoms with Crippen LogP contribution in [0.1, 0.15) is 70.6 Å². The lowest BCUT2D eigenvalue weighted by Gasteiger charge is -2.44. The minimum atomic E-state index is -0.898. The molecule has 42 heavy (non-hydrogen) atoms. The smallest absolute Gasteiger partial charge is 0.323 e. The fourth-order valence-electron chi connectivity index (χ4n) is 6.37. The fraction of sp³-hybridized carbons (Fsp3) is 0.444. The number of aliphatic carboxylic acids is 1. The molecule has 3 aromatic rings. The monoisotopic (exact) mass is 570 g/mol. The summed E-state index contributed by atoms with van der Waals surface area (Å²) in [6, 6.07) is 30.8. The van der Waals surface area contributed by atoms with Gasteiger partial charge >= 0.3 is 11.9 Å². The van der Waals surface area contributed by atoms with Gasteiger partial charge in [-0.15, -0.1) is 0 Å². The van der Waals surface area contributed by atoms with E-state index in [0.717, 1.165) is 16.7 Å². The summed E-state index contributed by atoms with van der Waals surface area (Å²) in [4.78, 5) is 28.1. The Bertz CT molecular complexity index is 1210. The van der Waals surface area contributed by atoms with Crippen molar-refractivity contribution in [3.05, 3.63) is 108 Å².